The summed E-state index contributed by atoms with van der Waals surface area (Å²) in [5, 5.41) is 0.468. The molecule has 0 spiro atoms. The maximum absolute atomic E-state index is 13.2. The maximum atomic E-state index is 13.2. The molecule has 0 amide bonds. The number of hydrogen-bond acceptors (Lipinski definition) is 3. The molecule has 0 aliphatic carbocycles. The van der Waals surface area contributed by atoms with Crippen molar-refractivity contribution in [3.63, 3.8) is 0 Å². The minimum Gasteiger partial charge on any atom is -0.345 e. The van der Waals surface area contributed by atoms with E-state index in [1.165, 1.54) is 12.1 Å². The highest BCUT2D eigenvalue weighted by Crippen LogP contribution is 2.19. The second kappa shape index (κ2) is 7.72. The number of halogens is 2. The Balaban J connectivity index is 2.09. The molecule has 2 rings (SSSR count). The third kappa shape index (κ3) is 5.09. The van der Waals surface area contributed by atoms with Crippen molar-refractivity contribution < 1.29 is 4.39 Å². The van der Waals surface area contributed by atoms with Crippen LogP contribution in [-0.4, -0.2) is 47.0 Å². The molecule has 2 aromatic rings. The summed E-state index contributed by atoms with van der Waals surface area (Å²) in [5.41, 5.74) is 1.99. The summed E-state index contributed by atoms with van der Waals surface area (Å²) in [4.78, 5) is 11.9. The van der Waals surface area contributed by atoms with Crippen molar-refractivity contribution in [2.24, 2.45) is 0 Å². The van der Waals surface area contributed by atoms with Crippen LogP contribution in [0.25, 0.3) is 0 Å². The number of aromatic nitrogens is 2. The van der Waals surface area contributed by atoms with E-state index in [0.717, 1.165) is 36.7 Å². The standard InChI is InChI=1S/C16H22ClFN4/c1-12-19-9-15(20-12)11-22(7-6-21(2)3)10-13-4-5-14(18)8-16(13)17/h4-5,8-9H,6-7,10-11H2,1-3H3,(H,19,20). The van der Waals surface area contributed by atoms with Gasteiger partial charge in [0.2, 0.25) is 0 Å². The predicted molar refractivity (Wildman–Crippen MR) is 87.4 cm³/mol. The van der Waals surface area contributed by atoms with Crippen LogP contribution in [0, 0.1) is 12.7 Å². The Bertz CT molecular complexity index is 612. The molecule has 22 heavy (non-hydrogen) atoms. The smallest absolute Gasteiger partial charge is 0.124 e. The van der Waals surface area contributed by atoms with E-state index in [1.54, 1.807) is 6.07 Å². The summed E-state index contributed by atoms with van der Waals surface area (Å²) in [6.07, 6.45) is 1.85. The molecule has 4 nitrogen and oxygen atoms in total. The highest BCUT2D eigenvalue weighted by molar-refractivity contribution is 6.31. The van der Waals surface area contributed by atoms with Crippen molar-refractivity contribution >= 4 is 11.6 Å². The number of H-pyrrole nitrogens is 1. The molecule has 0 saturated carbocycles. The quantitative estimate of drug-likeness (QED) is 0.850. The molecule has 6 heteroatoms. The minimum atomic E-state index is -0.308. The first-order valence-corrected chi connectivity index (χ1v) is 7.63. The molecule has 120 valence electrons. The molecule has 1 aromatic heterocycles. The second-order valence-corrected chi connectivity index (χ2v) is 6.15. The Morgan fingerprint density at radius 2 is 2.00 bits per heavy atom. The van der Waals surface area contributed by atoms with Gasteiger partial charge in [0.15, 0.2) is 0 Å². The molecule has 0 unspecified atom stereocenters. The molecular weight excluding hydrogens is 303 g/mol. The summed E-state index contributed by atoms with van der Waals surface area (Å²) in [5.74, 6) is 0.597. The fraction of sp³-hybridized carbons (Fsp3) is 0.438. The van der Waals surface area contributed by atoms with Crippen LogP contribution in [0.5, 0.6) is 0 Å². The number of benzene rings is 1. The zero-order valence-electron chi connectivity index (χ0n) is 13.2. The molecule has 1 heterocycles. The normalized spacial score (nSPS) is 11.6. The summed E-state index contributed by atoms with van der Waals surface area (Å²) in [6, 6.07) is 4.56. The average molecular weight is 325 g/mol. The molecule has 1 aromatic carbocycles. The predicted octanol–water partition coefficient (Wildman–Crippen LogP) is 3.07. The Kier molecular flexibility index (Phi) is 5.94. The third-order valence-corrected chi connectivity index (χ3v) is 3.77. The Hall–Kier alpha value is -1.43. The highest BCUT2D eigenvalue weighted by Gasteiger charge is 2.12. The number of nitrogens with zero attached hydrogens (tertiary/aromatic N) is 3. The molecule has 0 aliphatic heterocycles. The fourth-order valence-electron chi connectivity index (χ4n) is 2.24. The lowest BCUT2D eigenvalue weighted by atomic mass is 10.2. The van der Waals surface area contributed by atoms with Crippen molar-refractivity contribution in [2.45, 2.75) is 20.0 Å². The van der Waals surface area contributed by atoms with Gasteiger partial charge in [-0.15, -0.1) is 0 Å². The van der Waals surface area contributed by atoms with Gasteiger partial charge in [0.25, 0.3) is 0 Å². The van der Waals surface area contributed by atoms with Crippen molar-refractivity contribution in [1.82, 2.24) is 19.8 Å². The number of rotatable bonds is 7. The average Bonchev–Trinajstić information content (AvgIpc) is 2.84. The third-order valence-electron chi connectivity index (χ3n) is 3.42. The van der Waals surface area contributed by atoms with Crippen molar-refractivity contribution in [2.75, 3.05) is 27.2 Å². The molecule has 0 fully saturated rings. The van der Waals surface area contributed by atoms with Crippen LogP contribution in [0.1, 0.15) is 17.1 Å². The summed E-state index contributed by atoms with van der Waals surface area (Å²) < 4.78 is 13.2. The minimum absolute atomic E-state index is 0.308. The SMILES string of the molecule is Cc1ncc(CN(CCN(C)C)Cc2ccc(F)cc2Cl)[nH]1. The Morgan fingerprint density at radius 1 is 1.23 bits per heavy atom. The van der Waals surface area contributed by atoms with Crippen molar-refractivity contribution in [3.8, 4) is 0 Å². The van der Waals surface area contributed by atoms with Gasteiger partial charge in [-0.2, -0.15) is 0 Å². The van der Waals surface area contributed by atoms with E-state index in [0.29, 0.717) is 11.6 Å². The first-order valence-electron chi connectivity index (χ1n) is 7.25. The lowest BCUT2D eigenvalue weighted by Crippen LogP contribution is -2.31. The van der Waals surface area contributed by atoms with Crippen LogP contribution in [0.4, 0.5) is 4.39 Å². The van der Waals surface area contributed by atoms with Gasteiger partial charge in [0.1, 0.15) is 11.6 Å². The fourth-order valence-corrected chi connectivity index (χ4v) is 2.47. The Morgan fingerprint density at radius 3 is 2.59 bits per heavy atom. The summed E-state index contributed by atoms with van der Waals surface area (Å²) >= 11 is 6.15. The second-order valence-electron chi connectivity index (χ2n) is 5.74. The van der Waals surface area contributed by atoms with E-state index in [9.17, 15) is 4.39 Å². The van der Waals surface area contributed by atoms with Gasteiger partial charge >= 0.3 is 0 Å². The van der Waals surface area contributed by atoms with E-state index < -0.39 is 0 Å². The number of aryl methyl sites for hydroxylation is 1. The van der Waals surface area contributed by atoms with Crippen LogP contribution in [0.15, 0.2) is 24.4 Å². The van der Waals surface area contributed by atoms with Gasteiger partial charge in [-0.1, -0.05) is 17.7 Å². The van der Waals surface area contributed by atoms with Gasteiger partial charge in [-0.3, -0.25) is 4.90 Å². The first kappa shape index (κ1) is 16.9. The summed E-state index contributed by atoms with van der Waals surface area (Å²) in [6.45, 7) is 5.18. The number of aromatic amines is 1. The van der Waals surface area contributed by atoms with Crippen LogP contribution < -0.4 is 0 Å². The number of likely N-dealkylation sites (N-methyl/N-ethyl adjacent to an activating group) is 1. The van der Waals surface area contributed by atoms with Gasteiger partial charge in [0.05, 0.1) is 0 Å². The molecule has 0 aliphatic rings. The molecule has 0 atom stereocenters. The lowest BCUT2D eigenvalue weighted by molar-refractivity contribution is 0.224. The molecule has 0 radical (unpaired) electrons. The lowest BCUT2D eigenvalue weighted by Gasteiger charge is -2.24. The van der Waals surface area contributed by atoms with E-state index >= 15 is 0 Å². The Labute approximate surface area is 135 Å². The maximum Gasteiger partial charge on any atom is 0.124 e. The van der Waals surface area contributed by atoms with E-state index in [4.69, 9.17) is 11.6 Å². The molecule has 0 bridgehead atoms. The topological polar surface area (TPSA) is 35.2 Å². The van der Waals surface area contributed by atoms with Crippen LogP contribution in [0.3, 0.4) is 0 Å². The van der Waals surface area contributed by atoms with Crippen molar-refractivity contribution in [1.29, 1.82) is 0 Å². The zero-order chi connectivity index (χ0) is 16.1. The zero-order valence-corrected chi connectivity index (χ0v) is 14.0. The number of hydrogen-bond donors (Lipinski definition) is 1. The van der Waals surface area contributed by atoms with Crippen LogP contribution in [0.2, 0.25) is 5.02 Å². The number of imidazole rings is 1. The highest BCUT2D eigenvalue weighted by atomic mass is 35.5. The largest absolute Gasteiger partial charge is 0.345 e. The van der Waals surface area contributed by atoms with E-state index in [-0.39, 0.29) is 5.82 Å². The van der Waals surface area contributed by atoms with E-state index in [2.05, 4.69) is 19.8 Å². The van der Waals surface area contributed by atoms with Crippen molar-refractivity contribution in [3.05, 3.63) is 52.3 Å². The van der Waals surface area contributed by atoms with E-state index in [1.807, 2.05) is 27.2 Å². The molecular formula is C16H22ClFN4. The van der Waals surface area contributed by atoms with Gasteiger partial charge in [0, 0.05) is 43.1 Å². The monoisotopic (exact) mass is 324 g/mol. The van der Waals surface area contributed by atoms with Crippen LogP contribution in [-0.2, 0) is 13.1 Å². The molecule has 0 saturated heterocycles. The summed E-state index contributed by atoms with van der Waals surface area (Å²) in [7, 11) is 4.09. The molecule has 1 N–H and O–H groups in total. The first-order chi connectivity index (χ1) is 10.4. The van der Waals surface area contributed by atoms with Gasteiger partial charge < -0.3 is 9.88 Å². The van der Waals surface area contributed by atoms with Gasteiger partial charge in [-0.25, -0.2) is 9.37 Å². The van der Waals surface area contributed by atoms with Crippen LogP contribution >= 0.6 is 11.6 Å². The number of nitrogens with one attached hydrogen (secondary N) is 1. The van der Waals surface area contributed by atoms with Gasteiger partial charge in [-0.05, 0) is 38.7 Å².